The van der Waals surface area contributed by atoms with Crippen molar-refractivity contribution in [3.63, 3.8) is 0 Å². The quantitative estimate of drug-likeness (QED) is 0.603. The summed E-state index contributed by atoms with van der Waals surface area (Å²) >= 11 is 13.2. The summed E-state index contributed by atoms with van der Waals surface area (Å²) in [7, 11) is 1.41. The van der Waals surface area contributed by atoms with Gasteiger partial charge in [0.1, 0.15) is 29.8 Å². The Labute approximate surface area is 174 Å². The van der Waals surface area contributed by atoms with E-state index in [1.165, 1.54) is 18.9 Å². The number of aromatic nitrogens is 3. The highest BCUT2D eigenvalue weighted by Crippen LogP contribution is 2.40. The molecule has 5 atom stereocenters. The van der Waals surface area contributed by atoms with Gasteiger partial charge >= 0.3 is 5.97 Å². The van der Waals surface area contributed by atoms with Crippen molar-refractivity contribution in [1.82, 2.24) is 15.0 Å². The Morgan fingerprint density at radius 2 is 2.14 bits per heavy atom. The highest BCUT2D eigenvalue weighted by Gasteiger charge is 2.48. The first-order valence-electron chi connectivity index (χ1n) is 8.09. The number of nitrogens with zero attached hydrogens (tertiary/aromatic N) is 3. The van der Waals surface area contributed by atoms with E-state index < -0.39 is 42.4 Å². The molecule has 152 valence electrons. The van der Waals surface area contributed by atoms with E-state index in [4.69, 9.17) is 32.7 Å². The van der Waals surface area contributed by atoms with E-state index in [2.05, 4.69) is 10.3 Å². The van der Waals surface area contributed by atoms with E-state index in [1.807, 2.05) is 0 Å². The molecule has 0 bridgehead atoms. The second-order valence-corrected chi connectivity index (χ2v) is 7.96. The van der Waals surface area contributed by atoms with Crippen LogP contribution in [0.1, 0.15) is 16.5 Å². The van der Waals surface area contributed by atoms with Gasteiger partial charge in [-0.1, -0.05) is 40.2 Å². The lowest BCUT2D eigenvalue weighted by Crippen LogP contribution is -2.56. The first-order valence-corrected chi connectivity index (χ1v) is 9.73. The van der Waals surface area contributed by atoms with Crippen LogP contribution in [0.25, 0.3) is 0 Å². The Hall–Kier alpha value is -1.40. The molecular weight excluding hydrogens is 433 g/mol. The summed E-state index contributed by atoms with van der Waals surface area (Å²) in [6.07, 6.45) is -1.99. The Morgan fingerprint density at radius 1 is 1.39 bits per heavy atom. The van der Waals surface area contributed by atoms with E-state index in [1.54, 1.807) is 18.2 Å². The largest absolute Gasteiger partial charge is 0.476 e. The zero-order chi connectivity index (χ0) is 20.4. The minimum Gasteiger partial charge on any atom is -0.476 e. The monoisotopic (exact) mass is 449 g/mol. The molecule has 1 aliphatic heterocycles. The van der Waals surface area contributed by atoms with Crippen LogP contribution in [0, 0.1) is 0 Å². The third-order valence-corrected chi connectivity index (χ3v) is 6.19. The van der Waals surface area contributed by atoms with Gasteiger partial charge < -0.3 is 24.8 Å². The number of ether oxygens (including phenoxy) is 2. The topological polar surface area (TPSA) is 127 Å². The zero-order valence-electron chi connectivity index (χ0n) is 14.5. The van der Waals surface area contributed by atoms with Crippen LogP contribution in [0.3, 0.4) is 0 Å². The Morgan fingerprint density at radius 3 is 2.75 bits per heavy atom. The minimum atomic E-state index is -1.28. The third-order valence-electron chi connectivity index (χ3n) is 4.32. The standard InChI is InChI=1S/C16H17Cl2N3O6S/c1-26-14-12(21-10(15(24)25)5-19-20-21)13(23)11(6-22)27-16(14)28-7-2-3-8(17)9(18)4-7/h2-5,11-14,16,22-23H,6H2,1H3,(H,24,25)/t11-,12+,13+,14-,16-/m1/s1. The minimum absolute atomic E-state index is 0.219. The van der Waals surface area contributed by atoms with Gasteiger partial charge in [-0.25, -0.2) is 9.48 Å². The van der Waals surface area contributed by atoms with Crippen molar-refractivity contribution in [1.29, 1.82) is 0 Å². The number of thioether (sulfide) groups is 1. The first-order chi connectivity index (χ1) is 13.4. The highest BCUT2D eigenvalue weighted by atomic mass is 35.5. The predicted molar refractivity (Wildman–Crippen MR) is 101 cm³/mol. The van der Waals surface area contributed by atoms with Gasteiger partial charge in [0.2, 0.25) is 0 Å². The van der Waals surface area contributed by atoms with Gasteiger partial charge in [-0.05, 0) is 18.2 Å². The van der Waals surface area contributed by atoms with Crippen LogP contribution in [0.4, 0.5) is 0 Å². The average molecular weight is 450 g/mol. The summed E-state index contributed by atoms with van der Waals surface area (Å²) in [5.74, 6) is -1.26. The van der Waals surface area contributed by atoms with Gasteiger partial charge in [-0.3, -0.25) is 0 Å². The number of carbonyl (C=O) groups is 1. The number of aliphatic hydroxyl groups excluding tert-OH is 2. The predicted octanol–water partition coefficient (Wildman–Crippen LogP) is 1.71. The number of aromatic carboxylic acids is 1. The van der Waals surface area contributed by atoms with Gasteiger partial charge in [-0.2, -0.15) is 0 Å². The van der Waals surface area contributed by atoms with Crippen LogP contribution in [0.15, 0.2) is 29.3 Å². The van der Waals surface area contributed by atoms with E-state index in [0.29, 0.717) is 14.9 Å². The van der Waals surface area contributed by atoms with Crippen LogP contribution < -0.4 is 0 Å². The van der Waals surface area contributed by atoms with Crippen molar-refractivity contribution in [3.8, 4) is 0 Å². The maximum Gasteiger partial charge on any atom is 0.355 e. The van der Waals surface area contributed by atoms with Crippen LogP contribution in [0.5, 0.6) is 0 Å². The highest BCUT2D eigenvalue weighted by molar-refractivity contribution is 7.99. The molecule has 2 aromatic rings. The maximum absolute atomic E-state index is 11.5. The molecule has 3 rings (SSSR count). The fourth-order valence-electron chi connectivity index (χ4n) is 2.99. The lowest BCUT2D eigenvalue weighted by Gasteiger charge is -2.43. The van der Waals surface area contributed by atoms with Crippen LogP contribution in [-0.4, -0.2) is 73.7 Å². The molecular formula is C16H17Cl2N3O6S. The molecule has 0 aliphatic carbocycles. The third kappa shape index (κ3) is 4.13. The smallest absolute Gasteiger partial charge is 0.355 e. The average Bonchev–Trinajstić information content (AvgIpc) is 3.15. The van der Waals surface area contributed by atoms with Gasteiger partial charge in [0.15, 0.2) is 5.69 Å². The Kier molecular flexibility index (Phi) is 6.81. The molecule has 1 saturated heterocycles. The molecule has 3 N–H and O–H groups in total. The van der Waals surface area contributed by atoms with E-state index in [-0.39, 0.29) is 5.69 Å². The lowest BCUT2D eigenvalue weighted by molar-refractivity contribution is -0.186. The molecule has 1 fully saturated rings. The maximum atomic E-state index is 11.5. The lowest BCUT2D eigenvalue weighted by atomic mass is 9.97. The second-order valence-electron chi connectivity index (χ2n) is 5.97. The number of halogens is 2. The van der Waals surface area contributed by atoms with Crippen molar-refractivity contribution in [3.05, 3.63) is 40.1 Å². The number of carboxylic acids is 1. The Bertz CT molecular complexity index is 854. The van der Waals surface area contributed by atoms with E-state index in [0.717, 1.165) is 10.9 Å². The summed E-state index contributed by atoms with van der Waals surface area (Å²) in [6, 6.07) is 4.06. The number of benzene rings is 1. The summed E-state index contributed by atoms with van der Waals surface area (Å²) in [6.45, 7) is -0.483. The number of carboxylic acid groups (broad SMARTS) is 1. The van der Waals surface area contributed by atoms with Crippen LogP contribution in [0.2, 0.25) is 10.0 Å². The molecule has 28 heavy (non-hydrogen) atoms. The number of aliphatic hydroxyl groups is 2. The number of methoxy groups -OCH3 is 1. The molecule has 1 aromatic carbocycles. The van der Waals surface area contributed by atoms with Crippen molar-refractivity contribution in [2.45, 2.75) is 34.7 Å². The van der Waals surface area contributed by atoms with Gasteiger partial charge in [0.05, 0.1) is 22.8 Å². The van der Waals surface area contributed by atoms with E-state index >= 15 is 0 Å². The summed E-state index contributed by atoms with van der Waals surface area (Å²) in [5.41, 5.74) is -0.929. The Balaban J connectivity index is 1.97. The van der Waals surface area contributed by atoms with Gasteiger partial charge in [-0.15, -0.1) is 5.10 Å². The normalized spacial score (nSPS) is 27.7. The molecule has 0 amide bonds. The molecule has 0 unspecified atom stereocenters. The number of hydrogen-bond acceptors (Lipinski definition) is 8. The molecule has 1 aliphatic rings. The summed E-state index contributed by atoms with van der Waals surface area (Å²) in [4.78, 5) is 12.2. The molecule has 2 heterocycles. The van der Waals surface area contributed by atoms with Crippen molar-refractivity contribution >= 4 is 40.9 Å². The molecule has 12 heteroatoms. The van der Waals surface area contributed by atoms with Crippen molar-refractivity contribution in [2.75, 3.05) is 13.7 Å². The SMILES string of the molecule is CO[C@@H]1[C@@H](n2nncc2C(=O)O)[C@@H](O)[C@@H](CO)O[C@@H]1Sc1ccc(Cl)c(Cl)c1. The molecule has 0 spiro atoms. The van der Waals surface area contributed by atoms with Crippen LogP contribution in [-0.2, 0) is 9.47 Å². The van der Waals surface area contributed by atoms with Crippen LogP contribution >= 0.6 is 35.0 Å². The molecule has 9 nitrogen and oxygen atoms in total. The summed E-state index contributed by atoms with van der Waals surface area (Å²) in [5, 5.41) is 37.9. The van der Waals surface area contributed by atoms with Gasteiger partial charge in [0.25, 0.3) is 0 Å². The van der Waals surface area contributed by atoms with E-state index in [9.17, 15) is 20.1 Å². The fraction of sp³-hybridized carbons (Fsp3) is 0.438. The second kappa shape index (κ2) is 8.95. The number of rotatable bonds is 6. The fourth-order valence-corrected chi connectivity index (χ4v) is 4.55. The van der Waals surface area contributed by atoms with Crippen molar-refractivity contribution in [2.24, 2.45) is 0 Å². The molecule has 0 radical (unpaired) electrons. The van der Waals surface area contributed by atoms with Gasteiger partial charge in [0, 0.05) is 12.0 Å². The zero-order valence-corrected chi connectivity index (χ0v) is 16.8. The number of hydrogen-bond donors (Lipinski definition) is 3. The molecule has 1 aromatic heterocycles. The van der Waals surface area contributed by atoms with Crippen molar-refractivity contribution < 1.29 is 29.6 Å². The first kappa shape index (κ1) is 21.3. The molecule has 0 saturated carbocycles. The summed E-state index contributed by atoms with van der Waals surface area (Å²) < 4.78 is 12.4.